The molecule has 0 radical (unpaired) electrons. The standard InChI is InChI=1S/C8H9ClN2O4S/c9-6-4(10)3-5-7(15-2-1-14-5)8(6)16(11,12)13/h3H,1-2,10H2,(H2,11,12,13). The van der Waals surface area contributed by atoms with Crippen molar-refractivity contribution in [1.29, 1.82) is 0 Å². The Morgan fingerprint density at radius 3 is 2.56 bits per heavy atom. The molecule has 16 heavy (non-hydrogen) atoms. The molecule has 0 aliphatic carbocycles. The zero-order valence-electron chi connectivity index (χ0n) is 8.07. The molecule has 0 bridgehead atoms. The largest absolute Gasteiger partial charge is 0.486 e. The highest BCUT2D eigenvalue weighted by Crippen LogP contribution is 2.43. The van der Waals surface area contributed by atoms with Gasteiger partial charge in [0, 0.05) is 6.07 Å². The summed E-state index contributed by atoms with van der Waals surface area (Å²) in [6, 6.07) is 1.41. The molecule has 1 aliphatic rings. The third-order valence-corrected chi connectivity index (χ3v) is 3.52. The van der Waals surface area contributed by atoms with E-state index in [-0.39, 0.29) is 33.7 Å². The van der Waals surface area contributed by atoms with E-state index in [2.05, 4.69) is 0 Å². The Labute approximate surface area is 97.1 Å². The monoisotopic (exact) mass is 264 g/mol. The first-order chi connectivity index (χ1) is 7.41. The molecule has 1 aromatic rings. The Bertz CT molecular complexity index is 543. The summed E-state index contributed by atoms with van der Waals surface area (Å²) in [7, 11) is -4.01. The highest BCUT2D eigenvalue weighted by Gasteiger charge is 2.28. The highest BCUT2D eigenvalue weighted by atomic mass is 35.5. The normalized spacial score (nSPS) is 14.9. The van der Waals surface area contributed by atoms with E-state index in [9.17, 15) is 8.42 Å². The van der Waals surface area contributed by atoms with Crippen LogP contribution in [0.1, 0.15) is 0 Å². The zero-order chi connectivity index (χ0) is 11.9. The first-order valence-electron chi connectivity index (χ1n) is 4.31. The topological polar surface area (TPSA) is 105 Å². The summed E-state index contributed by atoms with van der Waals surface area (Å²) in [5, 5.41) is 4.90. The summed E-state index contributed by atoms with van der Waals surface area (Å²) in [4.78, 5) is -0.330. The van der Waals surface area contributed by atoms with Crippen molar-refractivity contribution in [2.24, 2.45) is 5.14 Å². The van der Waals surface area contributed by atoms with Crippen LogP contribution in [0.25, 0.3) is 0 Å². The second-order valence-electron chi connectivity index (χ2n) is 3.18. The van der Waals surface area contributed by atoms with Crippen LogP contribution in [-0.4, -0.2) is 21.6 Å². The number of fused-ring (bicyclic) bond motifs is 1. The second-order valence-corrected chi connectivity index (χ2v) is 5.05. The summed E-state index contributed by atoms with van der Waals surface area (Å²) in [5.74, 6) is 0.255. The van der Waals surface area contributed by atoms with Gasteiger partial charge >= 0.3 is 0 Å². The van der Waals surface area contributed by atoms with E-state index in [4.69, 9.17) is 31.9 Å². The summed E-state index contributed by atoms with van der Waals surface area (Å²) in [6.07, 6.45) is 0. The molecule has 1 aromatic carbocycles. The molecule has 0 saturated carbocycles. The molecule has 2 rings (SSSR count). The predicted octanol–water partition coefficient (Wildman–Crippen LogP) is 0.341. The lowest BCUT2D eigenvalue weighted by Crippen LogP contribution is -2.21. The number of sulfonamides is 1. The van der Waals surface area contributed by atoms with Gasteiger partial charge in [-0.3, -0.25) is 0 Å². The number of nitrogen functional groups attached to an aromatic ring is 1. The van der Waals surface area contributed by atoms with Crippen LogP contribution < -0.4 is 20.3 Å². The van der Waals surface area contributed by atoms with Crippen LogP contribution in [0.4, 0.5) is 5.69 Å². The maximum Gasteiger partial charge on any atom is 0.243 e. The van der Waals surface area contributed by atoms with Gasteiger partial charge in [-0.25, -0.2) is 13.6 Å². The number of ether oxygens (including phenoxy) is 2. The number of primary sulfonamides is 1. The minimum Gasteiger partial charge on any atom is -0.486 e. The molecule has 0 fully saturated rings. The van der Waals surface area contributed by atoms with E-state index in [1.165, 1.54) is 6.07 Å². The summed E-state index contributed by atoms with van der Waals surface area (Å²) >= 11 is 5.80. The van der Waals surface area contributed by atoms with Gasteiger partial charge in [0.15, 0.2) is 11.5 Å². The third-order valence-electron chi connectivity index (χ3n) is 2.04. The fraction of sp³-hybridized carbons (Fsp3) is 0.250. The van der Waals surface area contributed by atoms with Crippen molar-refractivity contribution in [2.75, 3.05) is 18.9 Å². The summed E-state index contributed by atoms with van der Waals surface area (Å²) in [5.41, 5.74) is 5.63. The van der Waals surface area contributed by atoms with Gasteiger partial charge in [-0.15, -0.1) is 0 Å². The lowest BCUT2D eigenvalue weighted by molar-refractivity contribution is 0.167. The van der Waals surface area contributed by atoms with Gasteiger partial charge in [0.2, 0.25) is 10.0 Å². The Balaban J connectivity index is 2.79. The number of nitrogens with two attached hydrogens (primary N) is 2. The Morgan fingerprint density at radius 1 is 1.31 bits per heavy atom. The quantitative estimate of drug-likeness (QED) is 0.712. The smallest absolute Gasteiger partial charge is 0.243 e. The van der Waals surface area contributed by atoms with E-state index in [1.54, 1.807) is 0 Å². The number of rotatable bonds is 1. The highest BCUT2D eigenvalue weighted by molar-refractivity contribution is 7.89. The lowest BCUT2D eigenvalue weighted by atomic mass is 10.2. The molecular weight excluding hydrogens is 256 g/mol. The molecule has 1 heterocycles. The van der Waals surface area contributed by atoms with Crippen LogP contribution in [0.15, 0.2) is 11.0 Å². The fourth-order valence-electron chi connectivity index (χ4n) is 1.41. The molecule has 0 atom stereocenters. The molecule has 8 heteroatoms. The Morgan fingerprint density at radius 2 is 1.94 bits per heavy atom. The van der Waals surface area contributed by atoms with E-state index in [0.29, 0.717) is 6.61 Å². The van der Waals surface area contributed by atoms with E-state index >= 15 is 0 Å². The molecular formula is C8H9ClN2O4S. The van der Waals surface area contributed by atoms with Crippen molar-refractivity contribution in [3.63, 3.8) is 0 Å². The average Bonchev–Trinajstić information content (AvgIpc) is 2.17. The van der Waals surface area contributed by atoms with Gasteiger partial charge in [-0.2, -0.15) is 0 Å². The molecule has 0 spiro atoms. The van der Waals surface area contributed by atoms with E-state index in [1.807, 2.05) is 0 Å². The van der Waals surface area contributed by atoms with Gasteiger partial charge in [0.25, 0.3) is 0 Å². The molecule has 4 N–H and O–H groups in total. The molecule has 0 amide bonds. The van der Waals surface area contributed by atoms with Crippen LogP contribution >= 0.6 is 11.6 Å². The van der Waals surface area contributed by atoms with Crippen LogP contribution in [0, 0.1) is 0 Å². The van der Waals surface area contributed by atoms with Crippen molar-refractivity contribution in [1.82, 2.24) is 0 Å². The summed E-state index contributed by atoms with van der Waals surface area (Å²) < 4.78 is 33.2. The van der Waals surface area contributed by atoms with Gasteiger partial charge in [-0.05, 0) is 0 Å². The average molecular weight is 265 g/mol. The van der Waals surface area contributed by atoms with Crippen molar-refractivity contribution in [2.45, 2.75) is 4.90 Å². The molecule has 6 nitrogen and oxygen atoms in total. The van der Waals surface area contributed by atoms with Gasteiger partial charge < -0.3 is 15.2 Å². The molecule has 0 saturated heterocycles. The van der Waals surface area contributed by atoms with E-state index in [0.717, 1.165) is 0 Å². The van der Waals surface area contributed by atoms with Crippen molar-refractivity contribution < 1.29 is 17.9 Å². The molecule has 0 unspecified atom stereocenters. The van der Waals surface area contributed by atoms with Crippen LogP contribution in [0.2, 0.25) is 5.02 Å². The predicted molar refractivity (Wildman–Crippen MR) is 58.2 cm³/mol. The molecule has 0 aromatic heterocycles. The van der Waals surface area contributed by atoms with E-state index < -0.39 is 10.0 Å². The van der Waals surface area contributed by atoms with Crippen LogP contribution in [-0.2, 0) is 10.0 Å². The van der Waals surface area contributed by atoms with Crippen LogP contribution in [0.5, 0.6) is 11.5 Å². The van der Waals surface area contributed by atoms with Gasteiger partial charge in [0.05, 0.1) is 10.7 Å². The van der Waals surface area contributed by atoms with Crippen molar-refractivity contribution in [3.8, 4) is 11.5 Å². The Hall–Kier alpha value is -1.18. The number of halogens is 1. The second kappa shape index (κ2) is 3.69. The number of benzene rings is 1. The Kier molecular flexibility index (Phi) is 2.61. The first kappa shape index (κ1) is 11.3. The maximum atomic E-state index is 11.4. The lowest BCUT2D eigenvalue weighted by Gasteiger charge is -2.21. The number of hydrogen-bond acceptors (Lipinski definition) is 5. The maximum absolute atomic E-state index is 11.4. The first-order valence-corrected chi connectivity index (χ1v) is 6.24. The zero-order valence-corrected chi connectivity index (χ0v) is 9.64. The minimum atomic E-state index is -4.01. The third kappa shape index (κ3) is 1.77. The fourth-order valence-corrected chi connectivity index (χ4v) is 2.65. The van der Waals surface area contributed by atoms with Gasteiger partial charge in [-0.1, -0.05) is 11.6 Å². The van der Waals surface area contributed by atoms with Crippen molar-refractivity contribution >= 4 is 27.3 Å². The SMILES string of the molecule is Nc1cc2c(c(S(N)(=O)=O)c1Cl)OCCO2. The number of anilines is 1. The van der Waals surface area contributed by atoms with Crippen LogP contribution in [0.3, 0.4) is 0 Å². The summed E-state index contributed by atoms with van der Waals surface area (Å²) in [6.45, 7) is 0.550. The van der Waals surface area contributed by atoms with Crippen molar-refractivity contribution in [3.05, 3.63) is 11.1 Å². The molecule has 88 valence electrons. The minimum absolute atomic E-state index is 0.0213. The molecule has 1 aliphatic heterocycles. The number of hydrogen-bond donors (Lipinski definition) is 2. The van der Waals surface area contributed by atoms with Gasteiger partial charge in [0.1, 0.15) is 18.1 Å².